The third-order valence-corrected chi connectivity index (χ3v) is 3.68. The number of hydrogen-bond acceptors (Lipinski definition) is 6. The predicted molar refractivity (Wildman–Crippen MR) is 69.5 cm³/mol. The third kappa shape index (κ3) is 2.31. The number of aliphatic hydroxyl groups is 1. The van der Waals surface area contributed by atoms with E-state index in [1.54, 1.807) is 13.8 Å². The highest BCUT2D eigenvalue weighted by Crippen LogP contribution is 2.37. The number of ether oxygens (including phenoxy) is 2. The van der Waals surface area contributed by atoms with Crippen LogP contribution in [0.2, 0.25) is 0 Å². The van der Waals surface area contributed by atoms with Crippen LogP contribution in [0.4, 0.5) is 0 Å². The summed E-state index contributed by atoms with van der Waals surface area (Å²) in [4.78, 5) is 23.1. The molecule has 2 rings (SSSR count). The van der Waals surface area contributed by atoms with Crippen LogP contribution < -0.4 is 10.4 Å². The second-order valence-electron chi connectivity index (χ2n) is 5.33. The topological polar surface area (TPSA) is 86.0 Å². The fraction of sp³-hybridized carbons (Fsp3) is 0.571. The Morgan fingerprint density at radius 2 is 2.10 bits per heavy atom. The highest BCUT2D eigenvalue weighted by Gasteiger charge is 2.47. The largest absolute Gasteiger partial charge is 0.496 e. The van der Waals surface area contributed by atoms with E-state index >= 15 is 0 Å². The van der Waals surface area contributed by atoms with Crippen LogP contribution in [0, 0.1) is 12.8 Å². The fourth-order valence-electron chi connectivity index (χ4n) is 2.48. The molecule has 0 aromatic carbocycles. The first-order valence-electron chi connectivity index (χ1n) is 6.38. The highest BCUT2D eigenvalue weighted by atomic mass is 16.6. The van der Waals surface area contributed by atoms with Crippen LogP contribution in [0.3, 0.4) is 0 Å². The zero-order valence-corrected chi connectivity index (χ0v) is 11.9. The zero-order chi connectivity index (χ0) is 15.1. The van der Waals surface area contributed by atoms with Crippen LogP contribution in [0.5, 0.6) is 5.75 Å². The molecule has 0 aliphatic carbocycles. The zero-order valence-electron chi connectivity index (χ0n) is 11.9. The van der Waals surface area contributed by atoms with E-state index in [9.17, 15) is 14.7 Å². The van der Waals surface area contributed by atoms with Gasteiger partial charge in [-0.3, -0.25) is 4.79 Å². The quantitative estimate of drug-likeness (QED) is 0.836. The van der Waals surface area contributed by atoms with E-state index in [0.717, 1.165) is 0 Å². The molecule has 1 fully saturated rings. The van der Waals surface area contributed by atoms with E-state index in [1.807, 2.05) is 0 Å². The van der Waals surface area contributed by atoms with E-state index in [4.69, 9.17) is 13.9 Å². The van der Waals surface area contributed by atoms with E-state index in [1.165, 1.54) is 20.1 Å². The first-order chi connectivity index (χ1) is 9.27. The lowest BCUT2D eigenvalue weighted by molar-refractivity contribution is -0.156. The lowest BCUT2D eigenvalue weighted by Gasteiger charge is -2.30. The molecule has 1 saturated heterocycles. The molecule has 1 N–H and O–H groups in total. The standard InChI is InChI=1S/C14H18O6/c1-7-5-11(15)20-12(7)14(3,17)10-6-9(18-4)8(2)13(16)19-10/h6-7,12,17H,5H2,1-4H3/t7-,12+,14-/m1/s1. The van der Waals surface area contributed by atoms with Crippen molar-refractivity contribution in [3.05, 3.63) is 27.8 Å². The van der Waals surface area contributed by atoms with Crippen molar-refractivity contribution in [2.45, 2.75) is 38.9 Å². The number of cyclic esters (lactones) is 1. The summed E-state index contributed by atoms with van der Waals surface area (Å²) in [5.41, 5.74) is -1.86. The van der Waals surface area contributed by atoms with Crippen LogP contribution in [-0.2, 0) is 15.1 Å². The summed E-state index contributed by atoms with van der Waals surface area (Å²) in [6, 6.07) is 1.45. The Morgan fingerprint density at radius 1 is 1.45 bits per heavy atom. The Hall–Kier alpha value is -1.82. The summed E-state index contributed by atoms with van der Waals surface area (Å²) in [5.74, 6) is -0.190. The van der Waals surface area contributed by atoms with Crippen molar-refractivity contribution in [2.75, 3.05) is 7.11 Å². The molecule has 1 aromatic rings. The van der Waals surface area contributed by atoms with E-state index < -0.39 is 17.3 Å². The number of hydrogen-bond donors (Lipinski definition) is 1. The molecule has 1 aliphatic rings. The molecule has 0 saturated carbocycles. The smallest absolute Gasteiger partial charge is 0.342 e. The summed E-state index contributed by atoms with van der Waals surface area (Å²) in [6.07, 6.45) is -0.529. The van der Waals surface area contributed by atoms with Gasteiger partial charge in [0.15, 0.2) is 5.60 Å². The van der Waals surface area contributed by atoms with Crippen LogP contribution in [-0.4, -0.2) is 24.3 Å². The van der Waals surface area contributed by atoms with Crippen molar-refractivity contribution in [2.24, 2.45) is 5.92 Å². The first kappa shape index (κ1) is 14.6. The van der Waals surface area contributed by atoms with Gasteiger partial charge in [0.2, 0.25) is 0 Å². The van der Waals surface area contributed by atoms with Crippen molar-refractivity contribution in [3.8, 4) is 5.75 Å². The number of methoxy groups -OCH3 is 1. The molecule has 3 atom stereocenters. The Labute approximate surface area is 116 Å². The minimum absolute atomic E-state index is 0.0245. The maximum atomic E-state index is 11.8. The van der Waals surface area contributed by atoms with Gasteiger partial charge in [0.25, 0.3) is 0 Å². The maximum absolute atomic E-state index is 11.8. The minimum Gasteiger partial charge on any atom is -0.496 e. The predicted octanol–water partition coefficient (Wildman–Crippen LogP) is 1.12. The van der Waals surface area contributed by atoms with Gasteiger partial charge in [0.05, 0.1) is 19.1 Å². The Balaban J connectivity index is 2.46. The third-order valence-electron chi connectivity index (χ3n) is 3.68. The average Bonchev–Trinajstić information content (AvgIpc) is 2.72. The molecule has 20 heavy (non-hydrogen) atoms. The first-order valence-corrected chi connectivity index (χ1v) is 6.38. The second kappa shape index (κ2) is 4.94. The van der Waals surface area contributed by atoms with Gasteiger partial charge in [-0.15, -0.1) is 0 Å². The highest BCUT2D eigenvalue weighted by molar-refractivity contribution is 5.72. The van der Waals surface area contributed by atoms with Gasteiger partial charge in [0.1, 0.15) is 17.6 Å². The van der Waals surface area contributed by atoms with Gasteiger partial charge in [-0.05, 0) is 13.8 Å². The van der Waals surface area contributed by atoms with Gasteiger partial charge in [-0.2, -0.15) is 0 Å². The van der Waals surface area contributed by atoms with Crippen LogP contribution in [0.25, 0.3) is 0 Å². The lowest BCUT2D eigenvalue weighted by Crippen LogP contribution is -2.40. The van der Waals surface area contributed by atoms with E-state index in [2.05, 4.69) is 0 Å². The molecule has 2 heterocycles. The Kier molecular flexibility index (Phi) is 3.60. The number of rotatable bonds is 3. The molecule has 110 valence electrons. The van der Waals surface area contributed by atoms with Gasteiger partial charge in [0, 0.05) is 12.0 Å². The molecule has 0 spiro atoms. The molecule has 0 amide bonds. The molecule has 0 unspecified atom stereocenters. The van der Waals surface area contributed by atoms with Crippen LogP contribution in [0.15, 0.2) is 15.3 Å². The molecule has 0 radical (unpaired) electrons. The van der Waals surface area contributed by atoms with Gasteiger partial charge in [-0.25, -0.2) is 4.79 Å². The monoisotopic (exact) mass is 282 g/mol. The fourth-order valence-corrected chi connectivity index (χ4v) is 2.48. The average molecular weight is 282 g/mol. The number of esters is 1. The molecular weight excluding hydrogens is 264 g/mol. The van der Waals surface area contributed by atoms with Gasteiger partial charge in [-0.1, -0.05) is 6.92 Å². The van der Waals surface area contributed by atoms with E-state index in [-0.39, 0.29) is 24.1 Å². The van der Waals surface area contributed by atoms with Crippen molar-refractivity contribution in [3.63, 3.8) is 0 Å². The number of carbonyl (C=O) groups is 1. The molecular formula is C14H18O6. The number of carbonyl (C=O) groups excluding carboxylic acids is 1. The molecule has 1 aliphatic heterocycles. The van der Waals surface area contributed by atoms with Crippen LogP contribution in [0.1, 0.15) is 31.6 Å². The molecule has 6 heteroatoms. The van der Waals surface area contributed by atoms with Crippen molar-refractivity contribution in [1.29, 1.82) is 0 Å². The Bertz CT molecular complexity index is 586. The van der Waals surface area contributed by atoms with E-state index in [0.29, 0.717) is 11.3 Å². The summed E-state index contributed by atoms with van der Waals surface area (Å²) in [6.45, 7) is 4.83. The summed E-state index contributed by atoms with van der Waals surface area (Å²) >= 11 is 0. The van der Waals surface area contributed by atoms with Crippen molar-refractivity contribution in [1.82, 2.24) is 0 Å². The second-order valence-corrected chi connectivity index (χ2v) is 5.33. The van der Waals surface area contributed by atoms with Crippen molar-refractivity contribution >= 4 is 5.97 Å². The summed E-state index contributed by atoms with van der Waals surface area (Å²) in [7, 11) is 1.43. The summed E-state index contributed by atoms with van der Waals surface area (Å²) in [5, 5.41) is 10.6. The van der Waals surface area contributed by atoms with Gasteiger partial charge >= 0.3 is 11.6 Å². The minimum atomic E-state index is -1.59. The molecule has 1 aromatic heterocycles. The molecule has 0 bridgehead atoms. The maximum Gasteiger partial charge on any atom is 0.342 e. The van der Waals surface area contributed by atoms with Crippen molar-refractivity contribution < 1.29 is 23.8 Å². The van der Waals surface area contributed by atoms with Crippen LogP contribution >= 0.6 is 0 Å². The SMILES string of the molecule is COc1cc([C@@](C)(O)[C@H]2OC(=O)C[C@H]2C)oc(=O)c1C. The summed E-state index contributed by atoms with van der Waals surface area (Å²) < 4.78 is 15.4. The Morgan fingerprint density at radius 3 is 2.60 bits per heavy atom. The lowest BCUT2D eigenvalue weighted by atomic mass is 9.87. The van der Waals surface area contributed by atoms with Gasteiger partial charge < -0.3 is 19.0 Å². The normalized spacial score (nSPS) is 25.1. The molecule has 6 nitrogen and oxygen atoms in total.